The first-order chi connectivity index (χ1) is 12.4. The van der Waals surface area contributed by atoms with Gasteiger partial charge in [0.1, 0.15) is 22.6 Å². The number of allylic oxidation sites excluding steroid dienone is 1. The van der Waals surface area contributed by atoms with Gasteiger partial charge in [-0.15, -0.1) is 0 Å². The van der Waals surface area contributed by atoms with Gasteiger partial charge in [0.2, 0.25) is 0 Å². The average Bonchev–Trinajstić information content (AvgIpc) is 3.13. The van der Waals surface area contributed by atoms with Crippen molar-refractivity contribution in [1.29, 1.82) is 0 Å². The van der Waals surface area contributed by atoms with Crippen LogP contribution in [0.4, 0.5) is 0 Å². The van der Waals surface area contributed by atoms with E-state index in [0.717, 1.165) is 11.3 Å². The number of ether oxygens (including phenoxy) is 2. The summed E-state index contributed by atoms with van der Waals surface area (Å²) >= 11 is 11.5. The third-order valence-electron chi connectivity index (χ3n) is 4.73. The Morgan fingerprint density at radius 2 is 1.68 bits per heavy atom. The number of carbonyl (C=O) groups excluding carboxylic acids is 1. The van der Waals surface area contributed by atoms with Gasteiger partial charge in [0.15, 0.2) is 0 Å². The van der Waals surface area contributed by atoms with Crippen molar-refractivity contribution in [3.8, 4) is 11.5 Å². The molecular formula is C21H24Cl2O3S2. The summed E-state index contributed by atoms with van der Waals surface area (Å²) in [5.74, 6) is 1.01. The molecular weight excluding hydrogens is 435 g/mol. The Kier molecular flexibility index (Phi) is 9.28. The first-order valence-corrected chi connectivity index (χ1v) is 9.15. The molecule has 3 nitrogen and oxygen atoms in total. The molecule has 1 fully saturated rings. The lowest BCUT2D eigenvalue weighted by atomic mass is 10.1. The van der Waals surface area contributed by atoms with Crippen molar-refractivity contribution in [2.45, 2.75) is 20.5 Å². The Morgan fingerprint density at radius 1 is 1.04 bits per heavy atom. The number of hydrogen-bond donors (Lipinski definition) is 0. The molecule has 0 spiro atoms. The van der Waals surface area contributed by atoms with Gasteiger partial charge in [-0.3, -0.25) is 4.79 Å². The summed E-state index contributed by atoms with van der Waals surface area (Å²) in [7, 11) is 0. The van der Waals surface area contributed by atoms with Gasteiger partial charge in [0.25, 0.3) is 0 Å². The van der Waals surface area contributed by atoms with Crippen LogP contribution in [0.3, 0.4) is 0 Å². The van der Waals surface area contributed by atoms with Gasteiger partial charge in [-0.05, 0) is 47.2 Å². The second kappa shape index (κ2) is 10.5. The molecule has 0 aromatic heterocycles. The Bertz CT molecular complexity index is 821. The third kappa shape index (κ3) is 6.11. The van der Waals surface area contributed by atoms with E-state index in [0.29, 0.717) is 5.75 Å². The van der Waals surface area contributed by atoms with Crippen LogP contribution in [0, 0.1) is 17.3 Å². The number of esters is 1. The van der Waals surface area contributed by atoms with Crippen molar-refractivity contribution in [2.24, 2.45) is 17.3 Å². The minimum absolute atomic E-state index is 0. The molecule has 2 aromatic carbocycles. The summed E-state index contributed by atoms with van der Waals surface area (Å²) in [4.78, 5) is 12.4. The maximum atomic E-state index is 12.4. The minimum atomic E-state index is -0.236. The van der Waals surface area contributed by atoms with E-state index < -0.39 is 0 Å². The lowest BCUT2D eigenvalue weighted by Gasteiger charge is -2.09. The highest BCUT2D eigenvalue weighted by Crippen LogP contribution is 2.60. The predicted molar refractivity (Wildman–Crippen MR) is 124 cm³/mol. The smallest absolute Gasteiger partial charge is 0.310 e. The lowest BCUT2D eigenvalue weighted by molar-refractivity contribution is -0.147. The maximum Gasteiger partial charge on any atom is 0.310 e. The van der Waals surface area contributed by atoms with E-state index in [4.69, 9.17) is 32.7 Å². The number of benzene rings is 2. The van der Waals surface area contributed by atoms with E-state index in [9.17, 15) is 4.79 Å². The molecule has 28 heavy (non-hydrogen) atoms. The Labute approximate surface area is 189 Å². The number of para-hydroxylation sites is 1. The Hall–Kier alpha value is -1.27. The molecule has 0 N–H and O–H groups in total. The van der Waals surface area contributed by atoms with E-state index in [2.05, 4.69) is 0 Å². The highest BCUT2D eigenvalue weighted by molar-refractivity contribution is 7.59. The molecule has 0 radical (unpaired) electrons. The quantitative estimate of drug-likeness (QED) is 0.473. The topological polar surface area (TPSA) is 35.5 Å². The number of hydrogen-bond acceptors (Lipinski definition) is 3. The third-order valence-corrected chi connectivity index (χ3v) is 4.98. The zero-order valence-electron chi connectivity index (χ0n) is 15.6. The summed E-state index contributed by atoms with van der Waals surface area (Å²) in [6.07, 6.45) is 1.71. The molecule has 0 amide bonds. The van der Waals surface area contributed by atoms with Crippen LogP contribution in [-0.4, -0.2) is 5.97 Å². The van der Waals surface area contributed by atoms with Crippen LogP contribution >= 0.6 is 50.2 Å². The van der Waals surface area contributed by atoms with Gasteiger partial charge >= 0.3 is 5.97 Å². The molecule has 0 bridgehead atoms. The van der Waals surface area contributed by atoms with Crippen LogP contribution in [0.2, 0.25) is 0 Å². The number of carbonyl (C=O) groups is 1. The summed E-state index contributed by atoms with van der Waals surface area (Å²) in [6.45, 7) is 4.21. The Morgan fingerprint density at radius 3 is 2.32 bits per heavy atom. The molecule has 2 aromatic rings. The maximum absolute atomic E-state index is 12.4. The van der Waals surface area contributed by atoms with Gasteiger partial charge in [-0.1, -0.05) is 67.4 Å². The molecule has 0 unspecified atom stereocenters. The highest BCUT2D eigenvalue weighted by Gasteiger charge is 2.61. The Balaban J connectivity index is 0.00000196. The predicted octanol–water partition coefficient (Wildman–Crippen LogP) is 6.34. The van der Waals surface area contributed by atoms with E-state index in [1.807, 2.05) is 68.4 Å². The summed E-state index contributed by atoms with van der Waals surface area (Å²) in [6, 6.07) is 17.0. The summed E-state index contributed by atoms with van der Waals surface area (Å²) in [5, 5.41) is 0. The van der Waals surface area contributed by atoms with Gasteiger partial charge < -0.3 is 9.47 Å². The van der Waals surface area contributed by atoms with Crippen molar-refractivity contribution in [2.75, 3.05) is 0 Å². The van der Waals surface area contributed by atoms with E-state index in [1.165, 1.54) is 0 Å². The fourth-order valence-corrected chi connectivity index (χ4v) is 3.41. The van der Waals surface area contributed by atoms with Crippen LogP contribution in [0.5, 0.6) is 11.5 Å². The molecule has 7 heteroatoms. The van der Waals surface area contributed by atoms with Crippen molar-refractivity contribution in [3.63, 3.8) is 0 Å². The standard InChI is InChI=1S/C21H20Cl2O3.2H2S/c1-21(2)17(12-18(22)23)19(21)20(24)25-13-14-7-6-10-16(11-14)26-15-8-4-3-5-9-15;;/h3-12,17,19H,13H2,1-2H3;2*1H2/t17-,19-;;/m1../s1. The van der Waals surface area contributed by atoms with Crippen molar-refractivity contribution in [1.82, 2.24) is 0 Å². The molecule has 0 aliphatic heterocycles. The molecule has 1 aliphatic rings. The van der Waals surface area contributed by atoms with E-state index >= 15 is 0 Å². The SMILES string of the molecule is CC1(C)[C@H](C=C(Cl)Cl)[C@@H]1C(=O)OCc1cccc(Oc2ccccc2)c1.S.S. The lowest BCUT2D eigenvalue weighted by Crippen LogP contribution is -2.10. The number of rotatable bonds is 6. The average molecular weight is 459 g/mol. The first-order valence-electron chi connectivity index (χ1n) is 8.39. The minimum Gasteiger partial charge on any atom is -0.461 e. The molecule has 0 saturated heterocycles. The van der Waals surface area contributed by atoms with Crippen molar-refractivity contribution in [3.05, 3.63) is 70.7 Å². The first kappa shape index (κ1) is 24.8. The summed E-state index contributed by atoms with van der Waals surface area (Å²) in [5.41, 5.74) is 0.678. The highest BCUT2D eigenvalue weighted by atomic mass is 35.5. The molecule has 1 aliphatic carbocycles. The fraction of sp³-hybridized carbons (Fsp3) is 0.286. The molecule has 3 rings (SSSR count). The molecule has 2 atom stereocenters. The van der Waals surface area contributed by atoms with Crippen LogP contribution in [0.15, 0.2) is 65.2 Å². The zero-order chi connectivity index (χ0) is 18.7. The molecule has 1 saturated carbocycles. The van der Waals surface area contributed by atoms with Crippen LogP contribution in [0.1, 0.15) is 19.4 Å². The monoisotopic (exact) mass is 458 g/mol. The van der Waals surface area contributed by atoms with Gasteiger partial charge in [0.05, 0.1) is 5.92 Å². The second-order valence-electron chi connectivity index (χ2n) is 6.95. The van der Waals surface area contributed by atoms with Gasteiger partial charge in [-0.25, -0.2) is 0 Å². The van der Waals surface area contributed by atoms with E-state index in [1.54, 1.807) is 6.08 Å². The zero-order valence-corrected chi connectivity index (χ0v) is 19.1. The van der Waals surface area contributed by atoms with Gasteiger partial charge in [0, 0.05) is 0 Å². The number of halogens is 2. The van der Waals surface area contributed by atoms with E-state index in [-0.39, 0.29) is 61.3 Å². The van der Waals surface area contributed by atoms with Crippen LogP contribution < -0.4 is 4.74 Å². The molecule has 152 valence electrons. The van der Waals surface area contributed by atoms with Gasteiger partial charge in [-0.2, -0.15) is 27.0 Å². The normalized spacial score (nSPS) is 18.7. The fourth-order valence-electron chi connectivity index (χ4n) is 3.14. The molecule has 0 heterocycles. The second-order valence-corrected chi connectivity index (χ2v) is 7.96. The van der Waals surface area contributed by atoms with Crippen molar-refractivity contribution < 1.29 is 14.3 Å². The van der Waals surface area contributed by atoms with Crippen LogP contribution in [-0.2, 0) is 16.1 Å². The summed E-state index contributed by atoms with van der Waals surface area (Å²) < 4.78 is 11.5. The van der Waals surface area contributed by atoms with Crippen molar-refractivity contribution >= 4 is 56.2 Å². The van der Waals surface area contributed by atoms with Crippen LogP contribution in [0.25, 0.3) is 0 Å². The largest absolute Gasteiger partial charge is 0.461 e.